The monoisotopic (exact) mass is 312 g/mol. The van der Waals surface area contributed by atoms with Gasteiger partial charge in [-0.15, -0.1) is 0 Å². The smallest absolute Gasteiger partial charge is 0.307 e. The molecule has 0 saturated heterocycles. The second-order valence-electron chi connectivity index (χ2n) is 4.30. The van der Waals surface area contributed by atoms with Crippen LogP contribution in [-0.2, 0) is 6.54 Å². The Morgan fingerprint density at radius 3 is 2.62 bits per heavy atom. The van der Waals surface area contributed by atoms with Crippen LogP contribution >= 0.6 is 11.3 Å². The number of benzene rings is 1. The molecule has 0 atom stereocenters. The van der Waals surface area contributed by atoms with E-state index in [9.17, 15) is 23.7 Å². The van der Waals surface area contributed by atoms with Gasteiger partial charge in [0, 0.05) is 6.54 Å². The van der Waals surface area contributed by atoms with Crippen LogP contribution in [0.1, 0.15) is 21.5 Å². The first kappa shape index (κ1) is 15.0. The third kappa shape index (κ3) is 3.22. The molecule has 0 spiro atoms. The van der Waals surface area contributed by atoms with Crippen molar-refractivity contribution >= 4 is 22.9 Å². The molecule has 0 aliphatic rings. The van der Waals surface area contributed by atoms with Crippen molar-refractivity contribution in [2.45, 2.75) is 13.5 Å². The summed E-state index contributed by atoms with van der Waals surface area (Å²) in [5, 5.41) is 16.7. The zero-order valence-corrected chi connectivity index (χ0v) is 11.7. The van der Waals surface area contributed by atoms with Crippen LogP contribution in [0.25, 0.3) is 0 Å². The molecule has 110 valence electrons. The van der Waals surface area contributed by atoms with E-state index in [1.165, 1.54) is 11.3 Å². The highest BCUT2D eigenvalue weighted by Gasteiger charge is 2.22. The number of nitro groups is 1. The van der Waals surface area contributed by atoms with Crippen LogP contribution < -0.4 is 5.32 Å². The Morgan fingerprint density at radius 2 is 2.05 bits per heavy atom. The molecule has 0 aliphatic heterocycles. The second kappa shape index (κ2) is 5.96. The van der Waals surface area contributed by atoms with E-state index in [0.29, 0.717) is 12.1 Å². The van der Waals surface area contributed by atoms with Crippen LogP contribution in [0.4, 0.5) is 14.5 Å². The van der Waals surface area contributed by atoms with E-state index in [0.717, 1.165) is 11.1 Å². The lowest BCUT2D eigenvalue weighted by molar-refractivity contribution is -0.387. The molecule has 1 amide bonds. The maximum Gasteiger partial charge on any atom is 0.307 e. The van der Waals surface area contributed by atoms with E-state index in [1.807, 2.05) is 17.7 Å². The molecule has 1 heterocycles. The summed E-state index contributed by atoms with van der Waals surface area (Å²) < 4.78 is 27.1. The van der Waals surface area contributed by atoms with Gasteiger partial charge in [0.15, 0.2) is 0 Å². The maximum absolute atomic E-state index is 13.7. The number of nitrogens with zero attached hydrogens (tertiary/aromatic N) is 1. The number of hydrogen-bond donors (Lipinski definition) is 1. The van der Waals surface area contributed by atoms with Crippen LogP contribution in [0.15, 0.2) is 22.9 Å². The predicted molar refractivity (Wildman–Crippen MR) is 73.2 cm³/mol. The summed E-state index contributed by atoms with van der Waals surface area (Å²) in [6, 6.07) is 0.934. The number of rotatable bonds is 4. The average Bonchev–Trinajstić information content (AvgIpc) is 2.83. The van der Waals surface area contributed by atoms with Gasteiger partial charge in [0.2, 0.25) is 5.82 Å². The summed E-state index contributed by atoms with van der Waals surface area (Å²) in [5.74, 6) is -3.21. The van der Waals surface area contributed by atoms with Crippen molar-refractivity contribution in [2.24, 2.45) is 0 Å². The SMILES string of the molecule is Cc1cscc1CNC(=O)c1cc(F)c([N+](=O)[O-])cc1F. The molecule has 0 radical (unpaired) electrons. The quantitative estimate of drug-likeness (QED) is 0.696. The van der Waals surface area contributed by atoms with Crippen molar-refractivity contribution in [2.75, 3.05) is 0 Å². The Balaban J connectivity index is 2.18. The highest BCUT2D eigenvalue weighted by Crippen LogP contribution is 2.21. The van der Waals surface area contributed by atoms with Crippen LogP contribution in [0, 0.1) is 28.7 Å². The fraction of sp³-hybridized carbons (Fsp3) is 0.154. The minimum Gasteiger partial charge on any atom is -0.348 e. The Hall–Kier alpha value is -2.35. The summed E-state index contributed by atoms with van der Waals surface area (Å²) in [4.78, 5) is 21.2. The summed E-state index contributed by atoms with van der Waals surface area (Å²) in [6.45, 7) is 2.04. The summed E-state index contributed by atoms with van der Waals surface area (Å²) >= 11 is 1.46. The molecule has 0 aliphatic carbocycles. The van der Waals surface area contributed by atoms with Gasteiger partial charge in [-0.25, -0.2) is 4.39 Å². The van der Waals surface area contributed by atoms with Gasteiger partial charge in [-0.2, -0.15) is 15.7 Å². The zero-order valence-electron chi connectivity index (χ0n) is 10.9. The van der Waals surface area contributed by atoms with E-state index in [-0.39, 0.29) is 6.54 Å². The van der Waals surface area contributed by atoms with Gasteiger partial charge in [-0.3, -0.25) is 14.9 Å². The molecule has 1 aromatic carbocycles. The normalized spacial score (nSPS) is 10.4. The second-order valence-corrected chi connectivity index (χ2v) is 5.05. The standard InChI is InChI=1S/C13H10F2N2O3S/c1-7-5-21-6-8(7)4-16-13(18)9-2-11(15)12(17(19)20)3-10(9)14/h2-3,5-6H,4H2,1H3,(H,16,18). The summed E-state index contributed by atoms with van der Waals surface area (Å²) in [7, 11) is 0. The lowest BCUT2D eigenvalue weighted by Gasteiger charge is -2.06. The zero-order chi connectivity index (χ0) is 15.6. The first-order valence-electron chi connectivity index (χ1n) is 5.83. The number of halogens is 2. The Labute approximate surface area is 122 Å². The summed E-state index contributed by atoms with van der Waals surface area (Å²) in [5.41, 5.74) is 0.288. The Bertz CT molecular complexity index is 715. The number of nitrogens with one attached hydrogen (secondary N) is 1. The molecule has 1 N–H and O–H groups in total. The molecule has 1 aromatic heterocycles. The third-order valence-corrected chi connectivity index (χ3v) is 3.79. The number of amides is 1. The number of hydrogen-bond acceptors (Lipinski definition) is 4. The largest absolute Gasteiger partial charge is 0.348 e. The first-order chi connectivity index (χ1) is 9.90. The molecule has 21 heavy (non-hydrogen) atoms. The molecule has 8 heteroatoms. The van der Waals surface area contributed by atoms with Crippen LogP contribution in [0.3, 0.4) is 0 Å². The number of nitro benzene ring substituents is 1. The topological polar surface area (TPSA) is 72.2 Å². The predicted octanol–water partition coefficient (Wildman–Crippen LogP) is 3.17. The van der Waals surface area contributed by atoms with Gasteiger partial charge in [-0.05, 0) is 34.9 Å². The van der Waals surface area contributed by atoms with Crippen molar-refractivity contribution in [3.63, 3.8) is 0 Å². The average molecular weight is 312 g/mol. The van der Waals surface area contributed by atoms with Crippen LogP contribution in [0.2, 0.25) is 0 Å². The molecule has 0 bridgehead atoms. The van der Waals surface area contributed by atoms with E-state index >= 15 is 0 Å². The molecular weight excluding hydrogens is 302 g/mol. The Kier molecular flexibility index (Phi) is 4.27. The van der Waals surface area contributed by atoms with Crippen molar-refractivity contribution in [3.8, 4) is 0 Å². The highest BCUT2D eigenvalue weighted by atomic mass is 32.1. The van der Waals surface area contributed by atoms with Gasteiger partial charge < -0.3 is 5.32 Å². The summed E-state index contributed by atoms with van der Waals surface area (Å²) in [6.07, 6.45) is 0. The van der Waals surface area contributed by atoms with Crippen molar-refractivity contribution in [1.82, 2.24) is 5.32 Å². The highest BCUT2D eigenvalue weighted by molar-refractivity contribution is 7.08. The van der Waals surface area contributed by atoms with Crippen molar-refractivity contribution < 1.29 is 18.5 Å². The van der Waals surface area contributed by atoms with Gasteiger partial charge in [0.1, 0.15) is 5.82 Å². The molecule has 2 aromatic rings. The van der Waals surface area contributed by atoms with Crippen molar-refractivity contribution in [1.29, 1.82) is 0 Å². The molecule has 0 fully saturated rings. The van der Waals surface area contributed by atoms with Crippen LogP contribution in [0.5, 0.6) is 0 Å². The lowest BCUT2D eigenvalue weighted by atomic mass is 10.1. The minimum absolute atomic E-state index is 0.173. The van der Waals surface area contributed by atoms with Gasteiger partial charge in [0.05, 0.1) is 16.6 Å². The van der Waals surface area contributed by atoms with Crippen molar-refractivity contribution in [3.05, 3.63) is 61.3 Å². The van der Waals surface area contributed by atoms with E-state index in [1.54, 1.807) is 0 Å². The molecular formula is C13H10F2N2O3S. The molecule has 5 nitrogen and oxygen atoms in total. The fourth-order valence-corrected chi connectivity index (χ4v) is 2.55. The molecule has 0 saturated carbocycles. The lowest BCUT2D eigenvalue weighted by Crippen LogP contribution is -2.24. The van der Waals surface area contributed by atoms with Gasteiger partial charge in [0.25, 0.3) is 5.91 Å². The number of thiophene rings is 1. The third-order valence-electron chi connectivity index (χ3n) is 2.88. The number of aryl methyl sites for hydroxylation is 1. The number of carbonyl (C=O) groups is 1. The molecule has 2 rings (SSSR count). The maximum atomic E-state index is 13.7. The van der Waals surface area contributed by atoms with Gasteiger partial charge >= 0.3 is 5.69 Å². The number of carbonyl (C=O) groups excluding carboxylic acids is 1. The minimum atomic E-state index is -1.25. The van der Waals surface area contributed by atoms with E-state index in [4.69, 9.17) is 0 Å². The van der Waals surface area contributed by atoms with Crippen LogP contribution in [-0.4, -0.2) is 10.8 Å². The van der Waals surface area contributed by atoms with Gasteiger partial charge in [-0.1, -0.05) is 0 Å². The van der Waals surface area contributed by atoms with E-state index < -0.39 is 33.7 Å². The van der Waals surface area contributed by atoms with E-state index in [2.05, 4.69) is 5.32 Å². The Morgan fingerprint density at radius 1 is 1.33 bits per heavy atom. The first-order valence-corrected chi connectivity index (χ1v) is 6.77. The molecule has 0 unspecified atom stereocenters. The fourth-order valence-electron chi connectivity index (χ4n) is 1.69.